The standard InChI is InChI=1S/C21H18N2OS.BrH/c1-23(2)19-13-21-18(11-15(19)10-14-6-4-3-5-7-14)22-17-9-8-16(24)12-20(17)25-21;/h3-9,11-13H,10H2,1-2H3;1H. The summed E-state index contributed by atoms with van der Waals surface area (Å²) in [5.41, 5.74) is 5.94. The van der Waals surface area contributed by atoms with Gasteiger partial charge in [0.2, 0.25) is 11.2 Å². The Hall–Kier alpha value is -2.24. The minimum Gasteiger partial charge on any atom is -1.00 e. The number of fused-ring (bicyclic) bond motifs is 2. The van der Waals surface area contributed by atoms with E-state index in [2.05, 4.69) is 60.4 Å². The first kappa shape index (κ1) is 18.5. The van der Waals surface area contributed by atoms with Gasteiger partial charge in [-0.2, -0.15) is 0 Å². The van der Waals surface area contributed by atoms with Gasteiger partial charge in [-0.15, -0.1) is 11.3 Å². The number of hydrogen-bond donors (Lipinski definition) is 0. The second-order valence-corrected chi connectivity index (χ2v) is 7.50. The number of aromatic nitrogens is 1. The van der Waals surface area contributed by atoms with Crippen molar-refractivity contribution in [1.29, 1.82) is 0 Å². The number of halogens is 1. The molecular formula is C21H19BrN2OS. The van der Waals surface area contributed by atoms with Crippen LogP contribution in [0.5, 0.6) is 0 Å². The molecule has 0 atom stereocenters. The van der Waals surface area contributed by atoms with Crippen molar-refractivity contribution in [2.24, 2.45) is 0 Å². The lowest BCUT2D eigenvalue weighted by atomic mass is 10.0. The van der Waals surface area contributed by atoms with Crippen LogP contribution in [0.4, 0.5) is 5.69 Å². The van der Waals surface area contributed by atoms with Gasteiger partial charge in [0.15, 0.2) is 5.43 Å². The quantitative estimate of drug-likeness (QED) is 0.455. The Kier molecular flexibility index (Phi) is 5.39. The van der Waals surface area contributed by atoms with E-state index >= 15 is 0 Å². The lowest BCUT2D eigenvalue weighted by Crippen LogP contribution is -3.00. The van der Waals surface area contributed by atoms with Crippen LogP contribution in [0.2, 0.25) is 0 Å². The number of aromatic amines is 1. The van der Waals surface area contributed by atoms with Crippen LogP contribution in [0.25, 0.3) is 20.8 Å². The molecular weight excluding hydrogens is 408 g/mol. The van der Waals surface area contributed by atoms with Crippen LogP contribution in [0, 0.1) is 0 Å². The third kappa shape index (κ3) is 3.64. The Morgan fingerprint density at radius 2 is 1.77 bits per heavy atom. The van der Waals surface area contributed by atoms with Crippen molar-refractivity contribution in [3.63, 3.8) is 0 Å². The summed E-state index contributed by atoms with van der Waals surface area (Å²) in [6.45, 7) is 0. The molecule has 3 nitrogen and oxygen atoms in total. The van der Waals surface area contributed by atoms with Crippen molar-refractivity contribution >= 4 is 27.2 Å². The number of hydrogen-bond acceptors (Lipinski definition) is 3. The predicted octanol–water partition coefficient (Wildman–Crippen LogP) is 0.841. The number of H-pyrrole nitrogens is 1. The monoisotopic (exact) mass is 426 g/mol. The predicted molar refractivity (Wildman–Crippen MR) is 105 cm³/mol. The fourth-order valence-corrected chi connectivity index (χ4v) is 4.16. The molecule has 132 valence electrons. The van der Waals surface area contributed by atoms with Gasteiger partial charge in [-0.3, -0.25) is 4.79 Å². The first-order valence-electron chi connectivity index (χ1n) is 8.24. The molecule has 4 rings (SSSR count). The van der Waals surface area contributed by atoms with Crippen LogP contribution in [-0.2, 0) is 6.42 Å². The van der Waals surface area contributed by atoms with Crippen LogP contribution in [0.15, 0.2) is 65.5 Å². The van der Waals surface area contributed by atoms with E-state index in [1.807, 2.05) is 12.1 Å². The SMILES string of the molecule is CN(C)c1cc2sc3cc(=O)ccc-3[nH+]c2cc1Cc1ccccc1.[Br-]. The molecule has 1 N–H and O–H groups in total. The third-order valence-corrected chi connectivity index (χ3v) is 5.46. The van der Waals surface area contributed by atoms with Crippen LogP contribution in [0.3, 0.4) is 0 Å². The smallest absolute Gasteiger partial charge is 0.221 e. The minimum absolute atomic E-state index is 0. The van der Waals surface area contributed by atoms with Crippen LogP contribution < -0.4 is 32.3 Å². The summed E-state index contributed by atoms with van der Waals surface area (Å²) in [4.78, 5) is 18.3. The summed E-state index contributed by atoms with van der Waals surface area (Å²) in [6, 6.07) is 20.1. The second-order valence-electron chi connectivity index (χ2n) is 6.42. The molecule has 1 heterocycles. The number of rotatable bonds is 3. The molecule has 2 aliphatic rings. The fourth-order valence-electron chi connectivity index (χ4n) is 3.12. The molecule has 2 aromatic rings. The summed E-state index contributed by atoms with van der Waals surface area (Å²) >= 11 is 1.65. The van der Waals surface area contributed by atoms with Crippen molar-refractivity contribution in [2.45, 2.75) is 6.42 Å². The van der Waals surface area contributed by atoms with Crippen molar-refractivity contribution in [3.05, 3.63) is 82.0 Å². The summed E-state index contributed by atoms with van der Waals surface area (Å²) in [5, 5.41) is 0. The molecule has 1 aliphatic carbocycles. The van der Waals surface area contributed by atoms with E-state index in [0.717, 1.165) is 27.2 Å². The maximum Gasteiger partial charge on any atom is 0.221 e. The van der Waals surface area contributed by atoms with Gasteiger partial charge in [-0.25, -0.2) is 4.98 Å². The van der Waals surface area contributed by atoms with Gasteiger partial charge in [0, 0.05) is 38.0 Å². The largest absolute Gasteiger partial charge is 1.00 e. The lowest BCUT2D eigenvalue weighted by molar-refractivity contribution is -0.330. The highest BCUT2D eigenvalue weighted by Crippen LogP contribution is 2.32. The van der Waals surface area contributed by atoms with E-state index in [9.17, 15) is 4.79 Å². The van der Waals surface area contributed by atoms with E-state index in [0.29, 0.717) is 0 Å². The molecule has 0 fully saturated rings. The summed E-state index contributed by atoms with van der Waals surface area (Å²) < 4.78 is 1.15. The highest BCUT2D eigenvalue weighted by molar-refractivity contribution is 7.21. The third-order valence-electron chi connectivity index (χ3n) is 4.34. The van der Waals surface area contributed by atoms with Crippen LogP contribution in [0.1, 0.15) is 11.1 Å². The van der Waals surface area contributed by atoms with Gasteiger partial charge in [-0.05, 0) is 29.7 Å². The average Bonchev–Trinajstić information content (AvgIpc) is 2.60. The Morgan fingerprint density at radius 1 is 1.00 bits per heavy atom. The molecule has 26 heavy (non-hydrogen) atoms. The van der Waals surface area contributed by atoms with Crippen molar-refractivity contribution in [1.82, 2.24) is 0 Å². The summed E-state index contributed by atoms with van der Waals surface area (Å²) in [7, 11) is 4.14. The topological polar surface area (TPSA) is 34.5 Å². The van der Waals surface area contributed by atoms with Crippen molar-refractivity contribution < 1.29 is 22.0 Å². The molecule has 0 radical (unpaired) electrons. The maximum atomic E-state index is 11.6. The molecule has 0 saturated heterocycles. The Morgan fingerprint density at radius 3 is 2.50 bits per heavy atom. The first-order valence-corrected chi connectivity index (χ1v) is 9.06. The maximum absolute atomic E-state index is 11.6. The van der Waals surface area contributed by atoms with Crippen LogP contribution >= 0.6 is 11.3 Å². The number of nitrogens with zero attached hydrogens (tertiary/aromatic N) is 1. The van der Waals surface area contributed by atoms with Crippen molar-refractivity contribution in [2.75, 3.05) is 19.0 Å². The van der Waals surface area contributed by atoms with E-state index in [1.54, 1.807) is 23.5 Å². The summed E-state index contributed by atoms with van der Waals surface area (Å²) in [5.74, 6) is 0. The molecule has 2 aromatic carbocycles. The highest BCUT2D eigenvalue weighted by Gasteiger charge is 2.17. The molecule has 5 heteroatoms. The van der Waals surface area contributed by atoms with Gasteiger partial charge in [0.05, 0.1) is 0 Å². The summed E-state index contributed by atoms with van der Waals surface area (Å²) in [6.07, 6.45) is 0.889. The highest BCUT2D eigenvalue weighted by atomic mass is 79.9. The van der Waals surface area contributed by atoms with Crippen LogP contribution in [-0.4, -0.2) is 14.1 Å². The minimum atomic E-state index is 0. The van der Waals surface area contributed by atoms with Gasteiger partial charge in [0.1, 0.15) is 9.58 Å². The normalized spacial score (nSPS) is 10.7. The van der Waals surface area contributed by atoms with E-state index in [-0.39, 0.29) is 22.4 Å². The van der Waals surface area contributed by atoms with Gasteiger partial charge >= 0.3 is 0 Å². The fraction of sp³-hybridized carbons (Fsp3) is 0.143. The Balaban J connectivity index is 0.00000196. The zero-order valence-corrected chi connectivity index (χ0v) is 17.0. The molecule has 0 saturated carbocycles. The molecule has 0 aromatic heterocycles. The molecule has 0 unspecified atom stereocenters. The average molecular weight is 427 g/mol. The second kappa shape index (κ2) is 7.56. The van der Waals surface area contributed by atoms with E-state index in [1.165, 1.54) is 16.8 Å². The Bertz CT molecular complexity index is 1080. The first-order chi connectivity index (χ1) is 12.1. The molecule has 0 spiro atoms. The van der Waals surface area contributed by atoms with Gasteiger partial charge < -0.3 is 21.9 Å². The van der Waals surface area contributed by atoms with Gasteiger partial charge in [0.25, 0.3) is 0 Å². The number of nitrogens with one attached hydrogen (secondary N) is 1. The lowest BCUT2D eigenvalue weighted by Gasteiger charge is -2.18. The molecule has 0 bridgehead atoms. The van der Waals surface area contributed by atoms with E-state index < -0.39 is 0 Å². The number of benzene rings is 3. The molecule has 1 aliphatic heterocycles. The molecule has 0 amide bonds. The number of anilines is 1. The van der Waals surface area contributed by atoms with Crippen molar-refractivity contribution in [3.8, 4) is 10.6 Å². The zero-order valence-electron chi connectivity index (χ0n) is 14.6. The van der Waals surface area contributed by atoms with Gasteiger partial charge in [-0.1, -0.05) is 30.3 Å². The Labute approximate surface area is 167 Å². The zero-order chi connectivity index (χ0) is 17.4. The van der Waals surface area contributed by atoms with E-state index in [4.69, 9.17) is 0 Å².